The third-order valence-electron chi connectivity index (χ3n) is 6.01. The molecule has 1 aromatic heterocycles. The number of hydrogen-bond acceptors (Lipinski definition) is 5. The Morgan fingerprint density at radius 3 is 2.19 bits per heavy atom. The summed E-state index contributed by atoms with van der Waals surface area (Å²) in [4.78, 5) is 30.7. The van der Waals surface area contributed by atoms with E-state index in [1.807, 2.05) is 35.4 Å². The van der Waals surface area contributed by atoms with Crippen LogP contribution in [-0.4, -0.2) is 92.1 Å². The summed E-state index contributed by atoms with van der Waals surface area (Å²) in [5.74, 6) is 1.93. The first-order valence-corrected chi connectivity index (χ1v) is 11.5. The molecule has 0 unspecified atom stereocenters. The van der Waals surface area contributed by atoms with Crippen molar-refractivity contribution in [2.75, 3.05) is 75.2 Å². The summed E-state index contributed by atoms with van der Waals surface area (Å²) in [6.45, 7) is 9.70. The van der Waals surface area contributed by atoms with Gasteiger partial charge in [0.1, 0.15) is 12.4 Å². The quantitative estimate of drug-likeness (QED) is 0.567. The third-order valence-corrected chi connectivity index (χ3v) is 6.01. The number of aliphatic imine (C=N–C) groups is 1. The molecule has 32 heavy (non-hydrogen) atoms. The van der Waals surface area contributed by atoms with E-state index in [0.717, 1.165) is 70.7 Å². The predicted molar refractivity (Wildman–Crippen MR) is 129 cm³/mol. The molecular formula is C24H33N7O. The van der Waals surface area contributed by atoms with E-state index in [9.17, 15) is 4.79 Å². The maximum absolute atomic E-state index is 12.8. The Bertz CT molecular complexity index is 874. The SMILES string of the molecule is CCNC(=NCC(=O)N1CCN(c2ccccc2)CC1)N1CCN(c2ccccn2)CC1. The number of benzene rings is 1. The van der Waals surface area contributed by atoms with Gasteiger partial charge >= 0.3 is 0 Å². The molecule has 2 aromatic rings. The fraction of sp³-hybridized carbons (Fsp3) is 0.458. The molecule has 1 aromatic carbocycles. The van der Waals surface area contributed by atoms with Gasteiger partial charge in [0.2, 0.25) is 5.91 Å². The average Bonchev–Trinajstić information content (AvgIpc) is 2.87. The Morgan fingerprint density at radius 2 is 1.53 bits per heavy atom. The number of para-hydroxylation sites is 1. The number of piperazine rings is 2. The summed E-state index contributed by atoms with van der Waals surface area (Å²) >= 11 is 0. The molecule has 1 amide bonds. The summed E-state index contributed by atoms with van der Waals surface area (Å²) in [7, 11) is 0. The lowest BCUT2D eigenvalue weighted by atomic mass is 10.2. The number of guanidine groups is 1. The molecule has 8 nitrogen and oxygen atoms in total. The van der Waals surface area contributed by atoms with E-state index >= 15 is 0 Å². The Morgan fingerprint density at radius 1 is 0.875 bits per heavy atom. The number of amides is 1. The lowest BCUT2D eigenvalue weighted by Gasteiger charge is -2.37. The van der Waals surface area contributed by atoms with Crippen LogP contribution in [0.25, 0.3) is 0 Å². The molecule has 0 atom stereocenters. The van der Waals surface area contributed by atoms with E-state index in [1.54, 1.807) is 0 Å². The molecule has 2 aliphatic heterocycles. The molecule has 2 fully saturated rings. The van der Waals surface area contributed by atoms with Gasteiger partial charge in [0.05, 0.1) is 0 Å². The van der Waals surface area contributed by atoms with Gasteiger partial charge in [0.15, 0.2) is 5.96 Å². The first-order chi connectivity index (χ1) is 15.7. The number of carbonyl (C=O) groups excluding carboxylic acids is 1. The molecule has 8 heteroatoms. The standard InChI is InChI=1S/C24H33N7O/c1-2-25-24(31-18-14-29(15-19-31)22-10-6-7-11-26-22)27-20-23(32)30-16-12-28(13-17-30)21-8-4-3-5-9-21/h3-11H,2,12-20H2,1H3,(H,25,27). The first-order valence-electron chi connectivity index (χ1n) is 11.5. The van der Waals surface area contributed by atoms with Crippen molar-refractivity contribution in [1.82, 2.24) is 20.1 Å². The highest BCUT2D eigenvalue weighted by molar-refractivity contribution is 5.85. The second kappa shape index (κ2) is 10.8. The molecule has 2 aliphatic rings. The number of anilines is 2. The van der Waals surface area contributed by atoms with E-state index in [2.05, 4.69) is 61.2 Å². The zero-order valence-corrected chi connectivity index (χ0v) is 18.9. The van der Waals surface area contributed by atoms with Crippen molar-refractivity contribution in [2.45, 2.75) is 6.92 Å². The van der Waals surface area contributed by atoms with Gasteiger partial charge < -0.3 is 24.9 Å². The highest BCUT2D eigenvalue weighted by Gasteiger charge is 2.23. The van der Waals surface area contributed by atoms with Gasteiger partial charge in [-0.25, -0.2) is 9.98 Å². The summed E-state index contributed by atoms with van der Waals surface area (Å²) in [5, 5.41) is 3.36. The van der Waals surface area contributed by atoms with Crippen molar-refractivity contribution < 1.29 is 4.79 Å². The Labute approximate surface area is 190 Å². The molecule has 3 heterocycles. The Hall–Kier alpha value is -3.29. The molecule has 0 spiro atoms. The summed E-state index contributed by atoms with van der Waals surface area (Å²) in [6.07, 6.45) is 1.83. The van der Waals surface area contributed by atoms with E-state index in [1.165, 1.54) is 5.69 Å². The van der Waals surface area contributed by atoms with E-state index in [4.69, 9.17) is 0 Å². The Balaban J connectivity index is 1.28. The summed E-state index contributed by atoms with van der Waals surface area (Å²) < 4.78 is 0. The number of carbonyl (C=O) groups is 1. The molecule has 0 saturated carbocycles. The van der Waals surface area contributed by atoms with Crippen molar-refractivity contribution in [3.05, 3.63) is 54.7 Å². The number of nitrogens with one attached hydrogen (secondary N) is 1. The average molecular weight is 436 g/mol. The smallest absolute Gasteiger partial charge is 0.244 e. The molecular weight excluding hydrogens is 402 g/mol. The minimum absolute atomic E-state index is 0.0974. The summed E-state index contributed by atoms with van der Waals surface area (Å²) in [5.41, 5.74) is 1.22. The highest BCUT2D eigenvalue weighted by Crippen LogP contribution is 2.16. The van der Waals surface area contributed by atoms with Crippen molar-refractivity contribution >= 4 is 23.4 Å². The molecule has 170 valence electrons. The third kappa shape index (κ3) is 5.49. The van der Waals surface area contributed by atoms with Crippen molar-refractivity contribution in [2.24, 2.45) is 4.99 Å². The second-order valence-corrected chi connectivity index (χ2v) is 8.04. The lowest BCUT2D eigenvalue weighted by molar-refractivity contribution is -0.129. The van der Waals surface area contributed by atoms with Gasteiger partial charge in [-0.15, -0.1) is 0 Å². The normalized spacial score (nSPS) is 17.5. The maximum atomic E-state index is 12.8. The molecule has 2 saturated heterocycles. The van der Waals surface area contributed by atoms with Crippen LogP contribution in [0.4, 0.5) is 11.5 Å². The van der Waals surface area contributed by atoms with Crippen molar-refractivity contribution in [3.8, 4) is 0 Å². The monoisotopic (exact) mass is 435 g/mol. The van der Waals surface area contributed by atoms with Gasteiger partial charge in [-0.1, -0.05) is 24.3 Å². The van der Waals surface area contributed by atoms with Crippen LogP contribution in [0.1, 0.15) is 6.92 Å². The maximum Gasteiger partial charge on any atom is 0.244 e. The lowest BCUT2D eigenvalue weighted by Crippen LogP contribution is -2.53. The van der Waals surface area contributed by atoms with Gasteiger partial charge in [0, 0.05) is 70.8 Å². The van der Waals surface area contributed by atoms with Crippen LogP contribution < -0.4 is 15.1 Å². The van der Waals surface area contributed by atoms with Gasteiger partial charge in [-0.05, 0) is 31.2 Å². The zero-order valence-electron chi connectivity index (χ0n) is 18.9. The minimum atomic E-state index is 0.0974. The molecule has 0 bridgehead atoms. The van der Waals surface area contributed by atoms with Crippen LogP contribution in [-0.2, 0) is 4.79 Å². The minimum Gasteiger partial charge on any atom is -0.368 e. The van der Waals surface area contributed by atoms with Crippen LogP contribution in [0, 0.1) is 0 Å². The number of hydrogen-bond donors (Lipinski definition) is 1. The second-order valence-electron chi connectivity index (χ2n) is 8.04. The van der Waals surface area contributed by atoms with Crippen molar-refractivity contribution in [1.29, 1.82) is 0 Å². The number of nitrogens with zero attached hydrogens (tertiary/aromatic N) is 6. The first kappa shape index (κ1) is 21.9. The Kier molecular flexibility index (Phi) is 7.42. The van der Waals surface area contributed by atoms with Crippen LogP contribution in [0.15, 0.2) is 59.7 Å². The predicted octanol–water partition coefficient (Wildman–Crippen LogP) is 1.52. The molecule has 1 N–H and O–H groups in total. The van der Waals surface area contributed by atoms with Gasteiger partial charge in [-0.2, -0.15) is 0 Å². The van der Waals surface area contributed by atoms with Gasteiger partial charge in [0.25, 0.3) is 0 Å². The van der Waals surface area contributed by atoms with Crippen molar-refractivity contribution in [3.63, 3.8) is 0 Å². The highest BCUT2D eigenvalue weighted by atomic mass is 16.2. The number of aromatic nitrogens is 1. The molecule has 4 rings (SSSR count). The van der Waals surface area contributed by atoms with Crippen LogP contribution in [0.2, 0.25) is 0 Å². The molecule has 0 radical (unpaired) electrons. The zero-order chi connectivity index (χ0) is 22.2. The number of rotatable bonds is 5. The van der Waals surface area contributed by atoms with Crippen LogP contribution >= 0.6 is 0 Å². The van der Waals surface area contributed by atoms with E-state index < -0.39 is 0 Å². The van der Waals surface area contributed by atoms with Gasteiger partial charge in [-0.3, -0.25) is 4.79 Å². The fourth-order valence-electron chi connectivity index (χ4n) is 4.21. The fourth-order valence-corrected chi connectivity index (χ4v) is 4.21. The molecule has 0 aliphatic carbocycles. The van der Waals surface area contributed by atoms with Crippen LogP contribution in [0.5, 0.6) is 0 Å². The number of pyridine rings is 1. The van der Waals surface area contributed by atoms with E-state index in [0.29, 0.717) is 0 Å². The van der Waals surface area contributed by atoms with Crippen LogP contribution in [0.3, 0.4) is 0 Å². The summed E-state index contributed by atoms with van der Waals surface area (Å²) in [6, 6.07) is 16.4. The largest absolute Gasteiger partial charge is 0.368 e. The topological polar surface area (TPSA) is 67.3 Å². The van der Waals surface area contributed by atoms with E-state index in [-0.39, 0.29) is 12.5 Å².